The van der Waals surface area contributed by atoms with Gasteiger partial charge in [0.05, 0.1) is 5.52 Å². The first kappa shape index (κ1) is 19.1. The van der Waals surface area contributed by atoms with Crippen LogP contribution in [0.25, 0.3) is 22.3 Å². The molecule has 29 heavy (non-hydrogen) atoms. The normalized spacial score (nSPS) is 11.6. The smallest absolute Gasteiger partial charge is 0.162 e. The molecule has 4 aromatic rings. The van der Waals surface area contributed by atoms with Crippen LogP contribution in [0.15, 0.2) is 66.7 Å². The number of fused-ring (bicyclic) bond motifs is 1. The van der Waals surface area contributed by atoms with Crippen LogP contribution in [0.5, 0.6) is 0 Å². The highest BCUT2D eigenvalue weighted by Gasteiger charge is 2.15. The Morgan fingerprint density at radius 1 is 0.724 bits per heavy atom. The summed E-state index contributed by atoms with van der Waals surface area (Å²) in [6.45, 7) is 10.9. The summed E-state index contributed by atoms with van der Waals surface area (Å²) in [5, 5.41) is 4.60. The number of hydrogen-bond acceptors (Lipinski definition) is 3. The molecule has 0 saturated carbocycles. The van der Waals surface area contributed by atoms with Crippen molar-refractivity contribution in [1.29, 1.82) is 0 Å². The van der Waals surface area contributed by atoms with Gasteiger partial charge in [-0.05, 0) is 48.1 Å². The second-order valence-corrected chi connectivity index (χ2v) is 8.63. The fraction of sp³-hybridized carbons (Fsp3) is 0.231. The molecule has 0 aliphatic rings. The first-order valence-electron chi connectivity index (χ1n) is 10.0. The minimum atomic E-state index is 0.123. The number of nitrogens with one attached hydrogen (secondary N) is 1. The summed E-state index contributed by atoms with van der Waals surface area (Å²) < 4.78 is 0. The van der Waals surface area contributed by atoms with E-state index in [0.717, 1.165) is 33.8 Å². The molecule has 4 rings (SSSR count). The summed E-state index contributed by atoms with van der Waals surface area (Å²) in [4.78, 5) is 9.75. The number of aromatic nitrogens is 2. The van der Waals surface area contributed by atoms with Gasteiger partial charge in [0.2, 0.25) is 0 Å². The maximum absolute atomic E-state index is 4.92. The molecule has 0 unspecified atom stereocenters. The van der Waals surface area contributed by atoms with Gasteiger partial charge in [-0.1, -0.05) is 75.4 Å². The van der Waals surface area contributed by atoms with Crippen molar-refractivity contribution in [3.63, 3.8) is 0 Å². The molecular weight excluding hydrogens is 354 g/mol. The average molecular weight is 382 g/mol. The molecule has 0 aliphatic carbocycles. The summed E-state index contributed by atoms with van der Waals surface area (Å²) >= 11 is 0. The van der Waals surface area contributed by atoms with Gasteiger partial charge in [-0.2, -0.15) is 0 Å². The van der Waals surface area contributed by atoms with Crippen LogP contribution in [0.3, 0.4) is 0 Å². The van der Waals surface area contributed by atoms with E-state index in [1.807, 2.05) is 18.2 Å². The van der Waals surface area contributed by atoms with E-state index in [0.29, 0.717) is 0 Å². The number of rotatable bonds is 3. The molecule has 0 amide bonds. The van der Waals surface area contributed by atoms with E-state index in [1.54, 1.807) is 0 Å². The van der Waals surface area contributed by atoms with Gasteiger partial charge in [0.15, 0.2) is 5.82 Å². The molecule has 0 bridgehead atoms. The van der Waals surface area contributed by atoms with E-state index in [-0.39, 0.29) is 5.41 Å². The molecular formula is C26H27N3. The number of aryl methyl sites for hydroxylation is 2. The number of para-hydroxylation sites is 2. The number of nitrogens with zero attached hydrogens (tertiary/aromatic N) is 2. The summed E-state index contributed by atoms with van der Waals surface area (Å²) in [5.74, 6) is 1.57. The summed E-state index contributed by atoms with van der Waals surface area (Å²) in [7, 11) is 0. The van der Waals surface area contributed by atoms with Crippen LogP contribution < -0.4 is 5.32 Å². The summed E-state index contributed by atoms with van der Waals surface area (Å²) in [5.41, 5.74) is 6.88. The molecule has 1 aromatic heterocycles. The average Bonchev–Trinajstić information content (AvgIpc) is 2.70. The molecule has 3 aromatic carbocycles. The zero-order valence-electron chi connectivity index (χ0n) is 17.7. The maximum atomic E-state index is 4.92. The fourth-order valence-corrected chi connectivity index (χ4v) is 3.55. The molecule has 0 atom stereocenters. The Hall–Kier alpha value is -3.20. The van der Waals surface area contributed by atoms with Crippen LogP contribution in [0.4, 0.5) is 11.5 Å². The van der Waals surface area contributed by atoms with Crippen LogP contribution >= 0.6 is 0 Å². The lowest BCUT2D eigenvalue weighted by atomic mass is 9.87. The van der Waals surface area contributed by atoms with E-state index < -0.39 is 0 Å². The Bertz CT molecular complexity index is 1150. The van der Waals surface area contributed by atoms with Gasteiger partial charge in [-0.25, -0.2) is 9.97 Å². The Labute approximate surface area is 172 Å². The van der Waals surface area contributed by atoms with Crippen LogP contribution in [-0.2, 0) is 5.41 Å². The third-order valence-electron chi connectivity index (χ3n) is 5.34. The number of hydrogen-bond donors (Lipinski definition) is 1. The first-order chi connectivity index (χ1) is 13.8. The van der Waals surface area contributed by atoms with Crippen molar-refractivity contribution in [1.82, 2.24) is 9.97 Å². The van der Waals surface area contributed by atoms with E-state index >= 15 is 0 Å². The third-order valence-corrected chi connectivity index (χ3v) is 5.34. The molecule has 3 nitrogen and oxygen atoms in total. The quantitative estimate of drug-likeness (QED) is 0.417. The first-order valence-corrected chi connectivity index (χ1v) is 10.0. The van der Waals surface area contributed by atoms with Crippen molar-refractivity contribution >= 4 is 22.4 Å². The van der Waals surface area contributed by atoms with Crippen molar-refractivity contribution in [3.05, 3.63) is 83.4 Å². The highest BCUT2D eigenvalue weighted by molar-refractivity contribution is 5.92. The van der Waals surface area contributed by atoms with E-state index in [1.165, 1.54) is 16.7 Å². The van der Waals surface area contributed by atoms with Crippen molar-refractivity contribution < 1.29 is 0 Å². The zero-order valence-corrected chi connectivity index (χ0v) is 17.7. The molecule has 0 spiro atoms. The lowest BCUT2D eigenvalue weighted by Gasteiger charge is -2.19. The van der Waals surface area contributed by atoms with Crippen molar-refractivity contribution in [2.75, 3.05) is 5.32 Å². The van der Waals surface area contributed by atoms with Gasteiger partial charge in [0, 0.05) is 16.6 Å². The zero-order chi connectivity index (χ0) is 20.6. The Morgan fingerprint density at radius 3 is 2.03 bits per heavy atom. The minimum Gasteiger partial charge on any atom is -0.339 e. The van der Waals surface area contributed by atoms with Crippen molar-refractivity contribution in [2.24, 2.45) is 0 Å². The molecule has 3 heteroatoms. The van der Waals surface area contributed by atoms with E-state index in [9.17, 15) is 0 Å². The highest BCUT2D eigenvalue weighted by atomic mass is 15.0. The molecule has 0 radical (unpaired) electrons. The topological polar surface area (TPSA) is 37.8 Å². The van der Waals surface area contributed by atoms with Crippen LogP contribution in [0.2, 0.25) is 0 Å². The molecule has 0 fully saturated rings. The summed E-state index contributed by atoms with van der Waals surface area (Å²) in [6.07, 6.45) is 0. The Morgan fingerprint density at radius 2 is 1.38 bits per heavy atom. The lowest BCUT2D eigenvalue weighted by molar-refractivity contribution is 0.590. The lowest BCUT2D eigenvalue weighted by Crippen LogP contribution is -2.10. The standard InChI is InChI=1S/C26H27N3/c1-17-9-8-10-18(2)23(17)28-25-21-11-6-7-12-22(21)27-24(29-25)19-13-15-20(16-14-19)26(3,4)5/h6-16H,1-5H3,(H,27,28,29). The van der Waals surface area contributed by atoms with Crippen LogP contribution in [0, 0.1) is 13.8 Å². The number of benzene rings is 3. The predicted octanol–water partition coefficient (Wildman–Crippen LogP) is 6.95. The number of anilines is 2. The largest absolute Gasteiger partial charge is 0.339 e. The van der Waals surface area contributed by atoms with Gasteiger partial charge in [-0.15, -0.1) is 0 Å². The van der Waals surface area contributed by atoms with E-state index in [2.05, 4.69) is 88.5 Å². The fourth-order valence-electron chi connectivity index (χ4n) is 3.55. The predicted molar refractivity (Wildman–Crippen MR) is 123 cm³/mol. The molecule has 1 heterocycles. The van der Waals surface area contributed by atoms with Gasteiger partial charge < -0.3 is 5.32 Å². The summed E-state index contributed by atoms with van der Waals surface area (Å²) in [6, 6.07) is 23.0. The highest BCUT2D eigenvalue weighted by Crippen LogP contribution is 2.31. The van der Waals surface area contributed by atoms with Gasteiger partial charge in [0.25, 0.3) is 0 Å². The molecule has 0 saturated heterocycles. The molecule has 1 N–H and O–H groups in total. The van der Waals surface area contributed by atoms with E-state index in [4.69, 9.17) is 9.97 Å². The second-order valence-electron chi connectivity index (χ2n) is 8.63. The monoisotopic (exact) mass is 381 g/mol. The Kier molecular flexibility index (Phi) is 4.83. The third kappa shape index (κ3) is 3.86. The van der Waals surface area contributed by atoms with Crippen LogP contribution in [0.1, 0.15) is 37.5 Å². The molecule has 0 aliphatic heterocycles. The molecule has 146 valence electrons. The van der Waals surface area contributed by atoms with Gasteiger partial charge >= 0.3 is 0 Å². The second kappa shape index (κ2) is 7.32. The minimum absolute atomic E-state index is 0.123. The van der Waals surface area contributed by atoms with Gasteiger partial charge in [-0.3, -0.25) is 0 Å². The van der Waals surface area contributed by atoms with Crippen molar-refractivity contribution in [2.45, 2.75) is 40.0 Å². The van der Waals surface area contributed by atoms with Gasteiger partial charge in [0.1, 0.15) is 5.82 Å². The maximum Gasteiger partial charge on any atom is 0.162 e. The van der Waals surface area contributed by atoms with Crippen LogP contribution in [-0.4, -0.2) is 9.97 Å². The SMILES string of the molecule is Cc1cccc(C)c1Nc1nc(-c2ccc(C(C)(C)C)cc2)nc2ccccc12. The van der Waals surface area contributed by atoms with Crippen molar-refractivity contribution in [3.8, 4) is 11.4 Å². The Balaban J connectivity index is 1.83.